The normalized spacial score (nSPS) is 17.8. The molecule has 0 fully saturated rings. The second-order valence-corrected chi connectivity index (χ2v) is 4.85. The number of anilines is 1. The fourth-order valence-corrected chi connectivity index (χ4v) is 2.68. The predicted molar refractivity (Wildman–Crippen MR) is 75.6 cm³/mol. The molecule has 1 aromatic heterocycles. The number of ether oxygens (including phenoxy) is 1. The highest BCUT2D eigenvalue weighted by Crippen LogP contribution is 2.33. The molecule has 2 aromatic rings. The van der Waals surface area contributed by atoms with Gasteiger partial charge < -0.3 is 14.5 Å². The van der Waals surface area contributed by atoms with Crippen LogP contribution in [0.4, 0.5) is 5.69 Å². The Balaban J connectivity index is 1.77. The van der Waals surface area contributed by atoms with E-state index in [1.807, 2.05) is 19.1 Å². The largest absolute Gasteiger partial charge is 0.494 e. The topological polar surface area (TPSA) is 34.4 Å². The second kappa shape index (κ2) is 5.39. The van der Waals surface area contributed by atoms with Crippen LogP contribution in [0.5, 0.6) is 5.75 Å². The molecule has 0 amide bonds. The zero-order valence-corrected chi connectivity index (χ0v) is 11.2. The number of aryl methyl sites for hydroxylation is 1. The minimum Gasteiger partial charge on any atom is -0.494 e. The maximum Gasteiger partial charge on any atom is 0.121 e. The van der Waals surface area contributed by atoms with Crippen LogP contribution in [-0.2, 0) is 6.42 Å². The fourth-order valence-electron chi connectivity index (χ4n) is 2.68. The van der Waals surface area contributed by atoms with Crippen LogP contribution in [-0.4, -0.2) is 6.61 Å². The van der Waals surface area contributed by atoms with Crippen molar-refractivity contribution in [2.24, 2.45) is 0 Å². The van der Waals surface area contributed by atoms with E-state index in [-0.39, 0.29) is 0 Å². The molecule has 1 heterocycles. The Morgan fingerprint density at radius 2 is 2.32 bits per heavy atom. The van der Waals surface area contributed by atoms with Crippen LogP contribution in [0.2, 0.25) is 0 Å². The molecule has 0 radical (unpaired) electrons. The summed E-state index contributed by atoms with van der Waals surface area (Å²) in [6, 6.07) is 10.6. The van der Waals surface area contributed by atoms with Crippen molar-refractivity contribution in [1.82, 2.24) is 0 Å². The van der Waals surface area contributed by atoms with E-state index in [0.29, 0.717) is 12.6 Å². The molecule has 3 rings (SSSR count). The molecule has 100 valence electrons. The number of furan rings is 1. The summed E-state index contributed by atoms with van der Waals surface area (Å²) < 4.78 is 11.1. The van der Waals surface area contributed by atoms with E-state index in [1.165, 1.54) is 12.0 Å². The Hall–Kier alpha value is -1.90. The highest BCUT2D eigenvalue weighted by Gasteiger charge is 2.22. The van der Waals surface area contributed by atoms with Gasteiger partial charge in [-0.25, -0.2) is 0 Å². The van der Waals surface area contributed by atoms with E-state index in [2.05, 4.69) is 23.5 Å². The van der Waals surface area contributed by atoms with Gasteiger partial charge in [0.15, 0.2) is 0 Å². The summed E-state index contributed by atoms with van der Waals surface area (Å²) in [5, 5.41) is 3.58. The van der Waals surface area contributed by atoms with Crippen molar-refractivity contribution in [3.8, 4) is 5.75 Å². The van der Waals surface area contributed by atoms with Gasteiger partial charge in [0.1, 0.15) is 11.5 Å². The lowest BCUT2D eigenvalue weighted by molar-refractivity contribution is 0.340. The maximum atomic E-state index is 5.53. The standard InChI is InChI=1S/C16H19NO2/c1-2-18-13-6-3-5-12(11-13)17-15-7-4-8-16-14(15)9-10-19-16/h3,5-6,9-11,15,17H,2,4,7-8H2,1H3. The first-order valence-corrected chi connectivity index (χ1v) is 6.92. The Kier molecular flexibility index (Phi) is 3.45. The average Bonchev–Trinajstić information content (AvgIpc) is 2.89. The van der Waals surface area contributed by atoms with E-state index < -0.39 is 0 Å². The first kappa shape index (κ1) is 12.2. The van der Waals surface area contributed by atoms with Gasteiger partial charge in [-0.3, -0.25) is 0 Å². The minimum absolute atomic E-state index is 0.347. The smallest absolute Gasteiger partial charge is 0.121 e. The lowest BCUT2D eigenvalue weighted by Crippen LogP contribution is -2.15. The third-order valence-corrected chi connectivity index (χ3v) is 3.54. The highest BCUT2D eigenvalue weighted by atomic mass is 16.5. The molecule has 1 atom stereocenters. The van der Waals surface area contributed by atoms with Gasteiger partial charge in [-0.2, -0.15) is 0 Å². The Bertz CT molecular complexity index is 547. The molecule has 0 spiro atoms. The van der Waals surface area contributed by atoms with Crippen LogP contribution >= 0.6 is 0 Å². The molecule has 0 bridgehead atoms. The summed E-state index contributed by atoms with van der Waals surface area (Å²) in [5.74, 6) is 2.04. The predicted octanol–water partition coefficient (Wildman–Crippen LogP) is 4.17. The van der Waals surface area contributed by atoms with Gasteiger partial charge in [-0.1, -0.05) is 6.07 Å². The SMILES string of the molecule is CCOc1cccc(NC2CCCc3occc32)c1. The lowest BCUT2D eigenvalue weighted by atomic mass is 9.93. The second-order valence-electron chi connectivity index (χ2n) is 4.85. The molecule has 1 aliphatic carbocycles. The summed E-state index contributed by atoms with van der Waals surface area (Å²) in [4.78, 5) is 0. The minimum atomic E-state index is 0.347. The monoisotopic (exact) mass is 257 g/mol. The van der Waals surface area contributed by atoms with Crippen LogP contribution < -0.4 is 10.1 Å². The molecule has 3 nitrogen and oxygen atoms in total. The molecule has 1 aromatic carbocycles. The van der Waals surface area contributed by atoms with Crippen molar-refractivity contribution in [3.63, 3.8) is 0 Å². The van der Waals surface area contributed by atoms with Crippen molar-refractivity contribution in [1.29, 1.82) is 0 Å². The Morgan fingerprint density at radius 3 is 3.21 bits per heavy atom. The van der Waals surface area contributed by atoms with Crippen molar-refractivity contribution < 1.29 is 9.15 Å². The van der Waals surface area contributed by atoms with Crippen LogP contribution in [0.3, 0.4) is 0 Å². The zero-order chi connectivity index (χ0) is 13.1. The Labute approximate surface area is 113 Å². The van der Waals surface area contributed by atoms with E-state index in [4.69, 9.17) is 9.15 Å². The first-order chi connectivity index (χ1) is 9.36. The molecule has 0 saturated heterocycles. The maximum absolute atomic E-state index is 5.53. The number of fused-ring (bicyclic) bond motifs is 1. The number of hydrogen-bond donors (Lipinski definition) is 1. The van der Waals surface area contributed by atoms with E-state index >= 15 is 0 Å². The lowest BCUT2D eigenvalue weighted by Gasteiger charge is -2.24. The van der Waals surface area contributed by atoms with Gasteiger partial charge in [0.2, 0.25) is 0 Å². The average molecular weight is 257 g/mol. The van der Waals surface area contributed by atoms with Gasteiger partial charge >= 0.3 is 0 Å². The van der Waals surface area contributed by atoms with Crippen LogP contribution in [0, 0.1) is 0 Å². The molecule has 3 heteroatoms. The summed E-state index contributed by atoms with van der Waals surface area (Å²) in [6.45, 7) is 2.69. The van der Waals surface area contributed by atoms with Crippen LogP contribution in [0.25, 0.3) is 0 Å². The summed E-state index contributed by atoms with van der Waals surface area (Å²) in [7, 11) is 0. The first-order valence-electron chi connectivity index (χ1n) is 6.92. The molecule has 0 aliphatic heterocycles. The van der Waals surface area contributed by atoms with Crippen molar-refractivity contribution in [3.05, 3.63) is 47.9 Å². The molecule has 1 unspecified atom stereocenters. The third kappa shape index (κ3) is 2.60. The number of nitrogens with one attached hydrogen (secondary N) is 1. The van der Waals surface area contributed by atoms with Gasteiger partial charge in [0.05, 0.1) is 18.9 Å². The van der Waals surface area contributed by atoms with Crippen molar-refractivity contribution in [2.45, 2.75) is 32.2 Å². The molecule has 1 aliphatic rings. The van der Waals surface area contributed by atoms with Gasteiger partial charge in [-0.15, -0.1) is 0 Å². The quantitative estimate of drug-likeness (QED) is 0.892. The summed E-state index contributed by atoms with van der Waals surface area (Å²) in [5.41, 5.74) is 2.40. The van der Waals surface area contributed by atoms with Crippen LogP contribution in [0.1, 0.15) is 37.1 Å². The molecular formula is C16H19NO2. The summed E-state index contributed by atoms with van der Waals surface area (Å²) in [6.07, 6.45) is 5.16. The highest BCUT2D eigenvalue weighted by molar-refractivity contribution is 5.50. The number of hydrogen-bond acceptors (Lipinski definition) is 3. The molecule has 19 heavy (non-hydrogen) atoms. The molecule has 1 N–H and O–H groups in total. The summed E-state index contributed by atoms with van der Waals surface area (Å²) >= 11 is 0. The van der Waals surface area contributed by atoms with Gasteiger partial charge in [0, 0.05) is 23.7 Å². The van der Waals surface area contributed by atoms with Gasteiger partial charge in [0.25, 0.3) is 0 Å². The number of rotatable bonds is 4. The zero-order valence-electron chi connectivity index (χ0n) is 11.2. The Morgan fingerprint density at radius 1 is 1.37 bits per heavy atom. The fraction of sp³-hybridized carbons (Fsp3) is 0.375. The van der Waals surface area contributed by atoms with Gasteiger partial charge in [-0.05, 0) is 38.0 Å². The molecular weight excluding hydrogens is 238 g/mol. The third-order valence-electron chi connectivity index (χ3n) is 3.54. The van der Waals surface area contributed by atoms with Crippen LogP contribution in [0.15, 0.2) is 41.0 Å². The van der Waals surface area contributed by atoms with Crippen molar-refractivity contribution in [2.75, 3.05) is 11.9 Å². The van der Waals surface area contributed by atoms with Crippen molar-refractivity contribution >= 4 is 5.69 Å². The van der Waals surface area contributed by atoms with E-state index in [9.17, 15) is 0 Å². The van der Waals surface area contributed by atoms with E-state index in [0.717, 1.165) is 30.0 Å². The number of benzene rings is 1. The van der Waals surface area contributed by atoms with E-state index in [1.54, 1.807) is 6.26 Å². The molecule has 0 saturated carbocycles.